The molecule has 0 radical (unpaired) electrons. The van der Waals surface area contributed by atoms with Crippen LogP contribution >= 0.6 is 22.9 Å². The number of hydrogen-bond donors (Lipinski definition) is 1. The summed E-state index contributed by atoms with van der Waals surface area (Å²) in [4.78, 5) is 29.3. The maximum atomic E-state index is 12.5. The summed E-state index contributed by atoms with van der Waals surface area (Å²) in [5.41, 5.74) is 1.11. The molecule has 0 saturated carbocycles. The average Bonchev–Trinajstić information content (AvgIpc) is 3.20. The van der Waals surface area contributed by atoms with Crippen molar-refractivity contribution >= 4 is 34.8 Å². The van der Waals surface area contributed by atoms with Crippen LogP contribution in [0.3, 0.4) is 0 Å². The molecule has 1 atom stereocenters. The fraction of sp³-hybridized carbons (Fsp3) is 0.368. The lowest BCUT2D eigenvalue weighted by Crippen LogP contribution is -2.87. The number of carbonyl (C=O) groups excluding carboxylic acids is 2. The monoisotopic (exact) mass is 392 g/mol. The first kappa shape index (κ1) is 18.9. The van der Waals surface area contributed by atoms with Crippen LogP contribution in [0, 0.1) is 0 Å². The van der Waals surface area contributed by atoms with Crippen molar-refractivity contribution in [1.82, 2.24) is 9.80 Å². The standard InChI is InChI=1S/C19H22ClN3O2S/c1-14(15-4-2-5-16(20)12-15)21-13-18(24)22-7-9-23(10-8-22)19(25)17-6-3-11-26-17/h2-6,11-12,14,21H,7-10,13H2,1H3/p+1/t14-/m0/s1. The van der Waals surface area contributed by atoms with E-state index in [0.29, 0.717) is 37.7 Å². The largest absolute Gasteiger partial charge is 0.334 e. The smallest absolute Gasteiger partial charge is 0.277 e. The lowest BCUT2D eigenvalue weighted by Gasteiger charge is -2.34. The molecule has 1 saturated heterocycles. The number of amides is 2. The van der Waals surface area contributed by atoms with Gasteiger partial charge in [0.05, 0.1) is 4.88 Å². The highest BCUT2D eigenvalue weighted by molar-refractivity contribution is 7.12. The van der Waals surface area contributed by atoms with Gasteiger partial charge in [-0.15, -0.1) is 11.3 Å². The van der Waals surface area contributed by atoms with Crippen LogP contribution in [0.15, 0.2) is 41.8 Å². The maximum Gasteiger partial charge on any atom is 0.277 e. The average molecular weight is 393 g/mol. The van der Waals surface area contributed by atoms with E-state index < -0.39 is 0 Å². The Labute approximate surface area is 162 Å². The Bertz CT molecular complexity index is 758. The SMILES string of the molecule is C[C@H]([NH2+]CC(=O)N1CCN(C(=O)c2cccs2)CC1)c1cccc(Cl)c1. The van der Waals surface area contributed by atoms with Gasteiger partial charge in [-0.25, -0.2) is 0 Å². The number of halogens is 1. The molecule has 0 aliphatic carbocycles. The van der Waals surface area contributed by atoms with Gasteiger partial charge < -0.3 is 15.1 Å². The zero-order valence-electron chi connectivity index (χ0n) is 14.7. The Balaban J connectivity index is 1.46. The van der Waals surface area contributed by atoms with Crippen molar-refractivity contribution in [3.63, 3.8) is 0 Å². The van der Waals surface area contributed by atoms with Crippen molar-refractivity contribution in [3.05, 3.63) is 57.2 Å². The molecule has 0 bridgehead atoms. The van der Waals surface area contributed by atoms with Crippen LogP contribution in [0.2, 0.25) is 5.02 Å². The zero-order valence-corrected chi connectivity index (χ0v) is 16.3. The van der Waals surface area contributed by atoms with Gasteiger partial charge in [-0.2, -0.15) is 0 Å². The van der Waals surface area contributed by atoms with E-state index in [9.17, 15) is 9.59 Å². The van der Waals surface area contributed by atoms with Gasteiger partial charge in [-0.05, 0) is 30.5 Å². The highest BCUT2D eigenvalue weighted by Crippen LogP contribution is 2.15. The number of piperazine rings is 1. The number of hydrogen-bond acceptors (Lipinski definition) is 3. The van der Waals surface area contributed by atoms with Crippen LogP contribution in [0.25, 0.3) is 0 Å². The molecule has 5 nitrogen and oxygen atoms in total. The normalized spacial score (nSPS) is 15.8. The molecule has 0 spiro atoms. The molecule has 2 amide bonds. The van der Waals surface area contributed by atoms with E-state index in [2.05, 4.69) is 6.92 Å². The Hall–Kier alpha value is -1.89. The molecule has 26 heavy (non-hydrogen) atoms. The van der Waals surface area contributed by atoms with Crippen molar-refractivity contribution in [2.75, 3.05) is 32.7 Å². The number of nitrogens with zero attached hydrogens (tertiary/aromatic N) is 2. The van der Waals surface area contributed by atoms with E-state index in [4.69, 9.17) is 11.6 Å². The fourth-order valence-corrected chi connectivity index (χ4v) is 3.94. The third-order valence-corrected chi connectivity index (χ3v) is 5.76. The molecule has 1 aliphatic rings. The summed E-state index contributed by atoms with van der Waals surface area (Å²) in [6, 6.07) is 11.6. The van der Waals surface area contributed by atoms with Crippen molar-refractivity contribution in [2.45, 2.75) is 13.0 Å². The van der Waals surface area contributed by atoms with Crippen molar-refractivity contribution in [2.24, 2.45) is 0 Å². The van der Waals surface area contributed by atoms with Crippen LogP contribution in [0.1, 0.15) is 28.2 Å². The van der Waals surface area contributed by atoms with Gasteiger partial charge in [-0.3, -0.25) is 9.59 Å². The lowest BCUT2D eigenvalue weighted by molar-refractivity contribution is -0.683. The van der Waals surface area contributed by atoms with Gasteiger partial charge in [0.15, 0.2) is 6.54 Å². The van der Waals surface area contributed by atoms with Crippen LogP contribution < -0.4 is 5.32 Å². The van der Waals surface area contributed by atoms with E-state index in [1.54, 1.807) is 0 Å². The van der Waals surface area contributed by atoms with Gasteiger partial charge in [0.25, 0.3) is 11.8 Å². The summed E-state index contributed by atoms with van der Waals surface area (Å²) in [5.74, 6) is 0.176. The number of benzene rings is 1. The Morgan fingerprint density at radius 3 is 2.54 bits per heavy atom. The van der Waals surface area contributed by atoms with Crippen LogP contribution in [-0.4, -0.2) is 54.3 Å². The first-order valence-electron chi connectivity index (χ1n) is 8.74. The first-order chi connectivity index (χ1) is 12.5. The third kappa shape index (κ3) is 4.63. The first-order valence-corrected chi connectivity index (χ1v) is 9.99. The topological polar surface area (TPSA) is 57.2 Å². The number of nitrogens with two attached hydrogens (primary N) is 1. The van der Waals surface area contributed by atoms with Crippen LogP contribution in [-0.2, 0) is 4.79 Å². The minimum atomic E-state index is 0.0632. The second-order valence-electron chi connectivity index (χ2n) is 6.43. The highest BCUT2D eigenvalue weighted by atomic mass is 35.5. The minimum Gasteiger partial charge on any atom is -0.334 e. The predicted molar refractivity (Wildman–Crippen MR) is 103 cm³/mol. The molecular formula is C19H23ClN3O2S+. The van der Waals surface area contributed by atoms with Crippen molar-refractivity contribution in [1.29, 1.82) is 0 Å². The number of rotatable bonds is 5. The summed E-state index contributed by atoms with van der Waals surface area (Å²) in [6.45, 7) is 4.83. The molecule has 2 aromatic rings. The Kier molecular flexibility index (Phi) is 6.29. The molecular weight excluding hydrogens is 370 g/mol. The molecule has 1 aromatic heterocycles. The Morgan fingerprint density at radius 1 is 1.15 bits per heavy atom. The van der Waals surface area contributed by atoms with E-state index in [1.807, 2.05) is 56.9 Å². The van der Waals surface area contributed by atoms with E-state index in [1.165, 1.54) is 11.3 Å². The molecule has 1 fully saturated rings. The van der Waals surface area contributed by atoms with E-state index in [-0.39, 0.29) is 17.9 Å². The molecule has 2 N–H and O–H groups in total. The van der Waals surface area contributed by atoms with Gasteiger partial charge in [-0.1, -0.05) is 29.8 Å². The minimum absolute atomic E-state index is 0.0632. The van der Waals surface area contributed by atoms with Gasteiger partial charge in [0.2, 0.25) is 0 Å². The maximum absolute atomic E-state index is 12.5. The number of carbonyl (C=O) groups is 2. The number of quaternary nitrogens is 1. The summed E-state index contributed by atoms with van der Waals surface area (Å²) in [6.07, 6.45) is 0. The summed E-state index contributed by atoms with van der Waals surface area (Å²) in [5, 5.41) is 4.64. The predicted octanol–water partition coefficient (Wildman–Crippen LogP) is 2.01. The molecule has 2 heterocycles. The lowest BCUT2D eigenvalue weighted by atomic mass is 10.1. The van der Waals surface area contributed by atoms with Crippen LogP contribution in [0.4, 0.5) is 0 Å². The van der Waals surface area contributed by atoms with Crippen molar-refractivity contribution in [3.8, 4) is 0 Å². The molecule has 138 valence electrons. The second-order valence-corrected chi connectivity index (χ2v) is 7.82. The van der Waals surface area contributed by atoms with E-state index >= 15 is 0 Å². The molecule has 0 unspecified atom stereocenters. The van der Waals surface area contributed by atoms with Crippen molar-refractivity contribution < 1.29 is 14.9 Å². The number of thiophene rings is 1. The molecule has 3 rings (SSSR count). The summed E-state index contributed by atoms with van der Waals surface area (Å²) in [7, 11) is 0. The Morgan fingerprint density at radius 2 is 1.88 bits per heavy atom. The van der Waals surface area contributed by atoms with Crippen LogP contribution in [0.5, 0.6) is 0 Å². The molecule has 7 heteroatoms. The molecule has 1 aromatic carbocycles. The summed E-state index contributed by atoms with van der Waals surface area (Å²) >= 11 is 7.48. The van der Waals surface area contributed by atoms with E-state index in [0.717, 1.165) is 10.4 Å². The van der Waals surface area contributed by atoms with Gasteiger partial charge in [0, 0.05) is 36.8 Å². The third-order valence-electron chi connectivity index (χ3n) is 4.67. The summed E-state index contributed by atoms with van der Waals surface area (Å²) < 4.78 is 0. The zero-order chi connectivity index (χ0) is 18.5. The fourth-order valence-electron chi connectivity index (χ4n) is 3.05. The quantitative estimate of drug-likeness (QED) is 0.846. The highest BCUT2D eigenvalue weighted by Gasteiger charge is 2.26. The second kappa shape index (κ2) is 8.66. The molecule has 1 aliphatic heterocycles. The van der Waals surface area contributed by atoms with Gasteiger partial charge >= 0.3 is 0 Å². The van der Waals surface area contributed by atoms with Gasteiger partial charge in [0.1, 0.15) is 6.04 Å².